The van der Waals surface area contributed by atoms with Gasteiger partial charge in [-0.05, 0) is 55.5 Å². The first-order chi connectivity index (χ1) is 15.2. The summed E-state index contributed by atoms with van der Waals surface area (Å²) >= 11 is 1.53. The highest BCUT2D eigenvalue weighted by molar-refractivity contribution is 7.16. The molecule has 6 heteroatoms. The maximum Gasteiger partial charge on any atom is 0.261 e. The molecule has 4 aromatic rings. The Balaban J connectivity index is 1.67. The Morgan fingerprint density at radius 1 is 1.06 bits per heavy atom. The lowest BCUT2D eigenvalue weighted by Crippen LogP contribution is -2.21. The van der Waals surface area contributed by atoms with E-state index in [4.69, 9.17) is 9.41 Å². The number of hydrogen-bond acceptors (Lipinski definition) is 5. The molecule has 1 amide bonds. The van der Waals surface area contributed by atoms with Crippen LogP contribution in [0, 0.1) is 11.3 Å². The van der Waals surface area contributed by atoms with Crippen LogP contribution in [0.4, 0.5) is 10.7 Å². The monoisotopic (exact) mass is 425 g/mol. The van der Waals surface area contributed by atoms with E-state index in [0.29, 0.717) is 27.4 Å². The molecule has 2 aromatic carbocycles. The van der Waals surface area contributed by atoms with Gasteiger partial charge in [0.1, 0.15) is 22.2 Å². The summed E-state index contributed by atoms with van der Waals surface area (Å²) < 4.78 is 6.06. The van der Waals surface area contributed by atoms with Gasteiger partial charge in [0.2, 0.25) is 5.55 Å². The van der Waals surface area contributed by atoms with E-state index in [9.17, 15) is 10.1 Å². The Bertz CT molecular complexity index is 1390. The molecule has 5 nitrogen and oxygen atoms in total. The van der Waals surface area contributed by atoms with Crippen LogP contribution in [0.25, 0.3) is 11.0 Å². The summed E-state index contributed by atoms with van der Waals surface area (Å²) in [5, 5.41) is 14.1. The number of para-hydroxylation sites is 2. The second-order valence-corrected chi connectivity index (χ2v) is 8.52. The number of fused-ring (bicyclic) bond motifs is 2. The zero-order valence-corrected chi connectivity index (χ0v) is 17.5. The van der Waals surface area contributed by atoms with Crippen LogP contribution in [0.2, 0.25) is 0 Å². The van der Waals surface area contributed by atoms with Crippen molar-refractivity contribution in [3.05, 3.63) is 87.8 Å². The van der Waals surface area contributed by atoms with E-state index in [0.717, 1.165) is 36.6 Å². The molecule has 1 aliphatic rings. The largest absolute Gasteiger partial charge is 0.437 e. The van der Waals surface area contributed by atoms with Crippen LogP contribution in [0.3, 0.4) is 0 Å². The van der Waals surface area contributed by atoms with Crippen molar-refractivity contribution in [3.63, 3.8) is 0 Å². The number of carbonyl (C=O) groups excluding carboxylic acids is 1. The van der Waals surface area contributed by atoms with Crippen LogP contribution >= 0.6 is 11.3 Å². The highest BCUT2D eigenvalue weighted by Gasteiger charge is 2.21. The number of amides is 1. The molecule has 0 radical (unpaired) electrons. The summed E-state index contributed by atoms with van der Waals surface area (Å²) in [6.45, 7) is 0. The van der Waals surface area contributed by atoms with Crippen molar-refractivity contribution in [3.8, 4) is 6.07 Å². The molecule has 0 spiro atoms. The van der Waals surface area contributed by atoms with E-state index < -0.39 is 0 Å². The molecule has 0 aliphatic heterocycles. The SMILES string of the molecule is N#Cc1c(N=c2oc3ccccc3cc2C(=O)Nc2ccccc2)sc2c1CCCC2. The van der Waals surface area contributed by atoms with Gasteiger partial charge in [-0.1, -0.05) is 36.4 Å². The minimum Gasteiger partial charge on any atom is -0.437 e. The van der Waals surface area contributed by atoms with Gasteiger partial charge in [-0.15, -0.1) is 11.3 Å². The molecule has 152 valence electrons. The molecule has 0 saturated carbocycles. The molecule has 31 heavy (non-hydrogen) atoms. The Morgan fingerprint density at radius 3 is 2.68 bits per heavy atom. The van der Waals surface area contributed by atoms with Crippen LogP contribution in [-0.4, -0.2) is 5.91 Å². The zero-order valence-electron chi connectivity index (χ0n) is 16.7. The summed E-state index contributed by atoms with van der Waals surface area (Å²) in [7, 11) is 0. The Labute approximate surface area is 183 Å². The third-order valence-corrected chi connectivity index (χ3v) is 6.59. The quantitative estimate of drug-likeness (QED) is 0.455. The molecule has 1 aliphatic carbocycles. The highest BCUT2D eigenvalue weighted by atomic mass is 32.1. The van der Waals surface area contributed by atoms with Gasteiger partial charge < -0.3 is 9.73 Å². The Morgan fingerprint density at radius 2 is 1.84 bits per heavy atom. The van der Waals surface area contributed by atoms with Gasteiger partial charge >= 0.3 is 0 Å². The molecular weight excluding hydrogens is 406 g/mol. The number of nitrogens with zero attached hydrogens (tertiary/aromatic N) is 2. The molecule has 1 N–H and O–H groups in total. The van der Waals surface area contributed by atoms with Gasteiger partial charge in [0, 0.05) is 16.0 Å². The lowest BCUT2D eigenvalue weighted by Gasteiger charge is -2.09. The fraction of sp³-hybridized carbons (Fsp3) is 0.160. The number of carbonyl (C=O) groups is 1. The molecular formula is C25H19N3O2S. The number of thiophene rings is 1. The number of nitrogens with one attached hydrogen (secondary N) is 1. The predicted octanol–water partition coefficient (Wildman–Crippen LogP) is 5.73. The first kappa shape index (κ1) is 19.3. The van der Waals surface area contributed by atoms with E-state index in [-0.39, 0.29) is 11.5 Å². The highest BCUT2D eigenvalue weighted by Crippen LogP contribution is 2.39. The Hall–Kier alpha value is -3.69. The van der Waals surface area contributed by atoms with E-state index >= 15 is 0 Å². The number of rotatable bonds is 3. The zero-order chi connectivity index (χ0) is 21.2. The van der Waals surface area contributed by atoms with Gasteiger partial charge in [0.05, 0.1) is 5.56 Å². The molecule has 2 heterocycles. The predicted molar refractivity (Wildman–Crippen MR) is 122 cm³/mol. The van der Waals surface area contributed by atoms with Crippen LogP contribution in [0.1, 0.15) is 39.2 Å². The van der Waals surface area contributed by atoms with Crippen molar-refractivity contribution in [1.82, 2.24) is 0 Å². The maximum atomic E-state index is 13.1. The minimum atomic E-state index is -0.306. The van der Waals surface area contributed by atoms with E-state index in [1.54, 1.807) is 6.07 Å². The first-order valence-electron chi connectivity index (χ1n) is 10.2. The summed E-state index contributed by atoms with van der Waals surface area (Å²) in [5.41, 5.74) is 3.58. The van der Waals surface area contributed by atoms with Gasteiger partial charge in [-0.3, -0.25) is 4.79 Å². The number of benzene rings is 2. The van der Waals surface area contributed by atoms with Crippen molar-refractivity contribution in [2.75, 3.05) is 5.32 Å². The van der Waals surface area contributed by atoms with E-state index in [1.165, 1.54) is 16.2 Å². The summed E-state index contributed by atoms with van der Waals surface area (Å²) in [5.74, 6) is -0.306. The third kappa shape index (κ3) is 3.76. The summed E-state index contributed by atoms with van der Waals surface area (Å²) in [4.78, 5) is 19.0. The van der Waals surface area contributed by atoms with Crippen molar-refractivity contribution in [2.24, 2.45) is 4.99 Å². The summed E-state index contributed by atoms with van der Waals surface area (Å²) in [6.07, 6.45) is 4.09. The number of aryl methyl sites for hydroxylation is 1. The third-order valence-electron chi connectivity index (χ3n) is 5.40. The second-order valence-electron chi connectivity index (χ2n) is 7.44. The lowest BCUT2D eigenvalue weighted by atomic mass is 9.96. The van der Waals surface area contributed by atoms with Crippen LogP contribution in [0.5, 0.6) is 0 Å². The fourth-order valence-corrected chi connectivity index (χ4v) is 5.08. The van der Waals surface area contributed by atoms with E-state index in [2.05, 4.69) is 11.4 Å². The average molecular weight is 426 g/mol. The average Bonchev–Trinajstić information content (AvgIpc) is 3.16. The molecule has 2 aromatic heterocycles. The minimum absolute atomic E-state index is 0.210. The van der Waals surface area contributed by atoms with Gasteiger partial charge in [-0.25, -0.2) is 4.99 Å². The molecule has 5 rings (SSSR count). The topological polar surface area (TPSA) is 78.4 Å². The first-order valence-corrected chi connectivity index (χ1v) is 11.0. The molecule has 0 bridgehead atoms. The van der Waals surface area contributed by atoms with E-state index in [1.807, 2.05) is 54.6 Å². The van der Waals surface area contributed by atoms with Crippen molar-refractivity contribution >= 4 is 38.9 Å². The lowest BCUT2D eigenvalue weighted by molar-refractivity contribution is 0.102. The van der Waals surface area contributed by atoms with Crippen LogP contribution < -0.4 is 10.9 Å². The Kier molecular flexibility index (Phi) is 5.11. The van der Waals surface area contributed by atoms with Crippen molar-refractivity contribution in [2.45, 2.75) is 25.7 Å². The number of anilines is 1. The van der Waals surface area contributed by atoms with Gasteiger partial charge in [0.15, 0.2) is 0 Å². The fourth-order valence-electron chi connectivity index (χ4n) is 3.87. The smallest absolute Gasteiger partial charge is 0.261 e. The standard InChI is InChI=1S/C25H19N3O2S/c26-15-20-18-11-5-7-13-22(18)31-25(20)28-24-19(14-16-8-4-6-12-21(16)30-24)23(29)27-17-9-2-1-3-10-17/h1-4,6,8-10,12,14H,5,7,11,13H2,(H,27,29). The molecule has 0 fully saturated rings. The second kappa shape index (κ2) is 8.21. The number of nitriles is 1. The van der Waals surface area contributed by atoms with Crippen LogP contribution in [-0.2, 0) is 12.8 Å². The number of hydrogen-bond donors (Lipinski definition) is 1. The normalized spacial score (nSPS) is 13.6. The van der Waals surface area contributed by atoms with Gasteiger partial charge in [-0.2, -0.15) is 5.26 Å². The van der Waals surface area contributed by atoms with Crippen molar-refractivity contribution < 1.29 is 9.21 Å². The summed E-state index contributed by atoms with van der Waals surface area (Å²) in [6, 6.07) is 20.9. The van der Waals surface area contributed by atoms with Gasteiger partial charge in [0.25, 0.3) is 5.91 Å². The van der Waals surface area contributed by atoms with Crippen molar-refractivity contribution in [1.29, 1.82) is 5.26 Å². The molecule has 0 saturated heterocycles. The molecule has 0 unspecified atom stereocenters. The molecule has 0 atom stereocenters. The maximum absolute atomic E-state index is 13.1. The van der Waals surface area contributed by atoms with Crippen LogP contribution in [0.15, 0.2) is 70.1 Å².